The zero-order chi connectivity index (χ0) is 27.2. The standard InChI is InChI=1S/C18H16N6O12/c19-9-18(20,16(25)35-7-10-12(21(27)28)3-1-4-13(10)22(29)30)17(26)36-8-11-14(23(31)32)5-2-6-15(11)24(33)34/h1-6H,7-9,19-20H2. The van der Waals surface area contributed by atoms with Crippen molar-refractivity contribution in [2.75, 3.05) is 6.54 Å². The van der Waals surface area contributed by atoms with Gasteiger partial charge in [-0.05, 0) is 12.1 Å². The molecular formula is C18H16N6O12. The van der Waals surface area contributed by atoms with Crippen molar-refractivity contribution >= 4 is 34.7 Å². The summed E-state index contributed by atoms with van der Waals surface area (Å²) in [5.41, 5.74) is 4.11. The van der Waals surface area contributed by atoms with E-state index in [4.69, 9.17) is 20.9 Å². The number of esters is 2. The molecule has 190 valence electrons. The van der Waals surface area contributed by atoms with Crippen LogP contribution in [0.25, 0.3) is 0 Å². The van der Waals surface area contributed by atoms with Crippen LogP contribution in [0.2, 0.25) is 0 Å². The molecule has 2 aromatic carbocycles. The minimum Gasteiger partial charge on any atom is -0.458 e. The predicted molar refractivity (Wildman–Crippen MR) is 115 cm³/mol. The highest BCUT2D eigenvalue weighted by Gasteiger charge is 2.45. The molecule has 0 radical (unpaired) electrons. The molecule has 0 aliphatic carbocycles. The van der Waals surface area contributed by atoms with E-state index < -0.39 is 90.8 Å². The van der Waals surface area contributed by atoms with Crippen LogP contribution in [0.15, 0.2) is 36.4 Å². The van der Waals surface area contributed by atoms with E-state index in [-0.39, 0.29) is 0 Å². The molecule has 0 heterocycles. The number of hydrogen-bond donors (Lipinski definition) is 2. The number of benzene rings is 2. The molecular weight excluding hydrogens is 492 g/mol. The summed E-state index contributed by atoms with van der Waals surface area (Å²) in [5.74, 6) is -3.20. The minimum absolute atomic E-state index is 0.607. The molecule has 36 heavy (non-hydrogen) atoms. The fourth-order valence-corrected chi connectivity index (χ4v) is 2.89. The van der Waals surface area contributed by atoms with Gasteiger partial charge < -0.3 is 20.9 Å². The van der Waals surface area contributed by atoms with Gasteiger partial charge in [0.05, 0.1) is 19.7 Å². The smallest absolute Gasteiger partial charge is 0.339 e. The molecule has 0 saturated heterocycles. The summed E-state index contributed by atoms with van der Waals surface area (Å²) in [5, 5.41) is 44.8. The van der Waals surface area contributed by atoms with Crippen molar-refractivity contribution < 1.29 is 38.8 Å². The van der Waals surface area contributed by atoms with E-state index in [1.807, 2.05) is 0 Å². The molecule has 18 nitrogen and oxygen atoms in total. The normalized spacial score (nSPS) is 10.8. The molecule has 0 aliphatic heterocycles. The maximum absolute atomic E-state index is 12.6. The molecule has 0 aromatic heterocycles. The fraction of sp³-hybridized carbons (Fsp3) is 0.222. The van der Waals surface area contributed by atoms with Gasteiger partial charge in [0.15, 0.2) is 0 Å². The maximum Gasteiger partial charge on any atom is 0.339 e. The van der Waals surface area contributed by atoms with Gasteiger partial charge in [-0.1, -0.05) is 0 Å². The highest BCUT2D eigenvalue weighted by molar-refractivity contribution is 6.05. The van der Waals surface area contributed by atoms with Gasteiger partial charge in [0.1, 0.15) is 24.3 Å². The van der Waals surface area contributed by atoms with Crippen molar-refractivity contribution in [3.8, 4) is 0 Å². The largest absolute Gasteiger partial charge is 0.458 e. The summed E-state index contributed by atoms with van der Waals surface area (Å²) >= 11 is 0. The third-order valence-electron chi connectivity index (χ3n) is 4.79. The highest BCUT2D eigenvalue weighted by atomic mass is 16.6. The molecule has 0 spiro atoms. The van der Waals surface area contributed by atoms with Crippen molar-refractivity contribution in [2.24, 2.45) is 11.5 Å². The maximum atomic E-state index is 12.6. The van der Waals surface area contributed by atoms with Crippen LogP contribution in [0.5, 0.6) is 0 Å². The molecule has 0 amide bonds. The average molecular weight is 508 g/mol. The highest BCUT2D eigenvalue weighted by Crippen LogP contribution is 2.30. The Bertz CT molecular complexity index is 1110. The van der Waals surface area contributed by atoms with Gasteiger partial charge in [-0.15, -0.1) is 0 Å². The Morgan fingerprint density at radius 3 is 1.19 bits per heavy atom. The minimum atomic E-state index is -2.77. The van der Waals surface area contributed by atoms with Crippen molar-refractivity contribution in [1.29, 1.82) is 0 Å². The fourth-order valence-electron chi connectivity index (χ4n) is 2.89. The Hall–Kier alpha value is -5.10. The first-order chi connectivity index (χ1) is 16.8. The number of ether oxygens (including phenoxy) is 2. The van der Waals surface area contributed by atoms with Crippen LogP contribution in [-0.4, -0.2) is 43.7 Å². The summed E-state index contributed by atoms with van der Waals surface area (Å²) < 4.78 is 9.59. The van der Waals surface area contributed by atoms with E-state index in [1.165, 1.54) is 0 Å². The van der Waals surface area contributed by atoms with Gasteiger partial charge in [0.25, 0.3) is 22.7 Å². The second-order valence-corrected chi connectivity index (χ2v) is 6.91. The second kappa shape index (κ2) is 10.9. The van der Waals surface area contributed by atoms with Gasteiger partial charge >= 0.3 is 11.9 Å². The predicted octanol–water partition coefficient (Wildman–Crippen LogP) is 0.762. The van der Waals surface area contributed by atoms with Crippen molar-refractivity contribution in [3.63, 3.8) is 0 Å². The van der Waals surface area contributed by atoms with Crippen molar-refractivity contribution in [2.45, 2.75) is 18.8 Å². The number of carbonyl (C=O) groups excluding carboxylic acids is 2. The number of carbonyl (C=O) groups is 2. The number of nitro benzene ring substituents is 4. The monoisotopic (exact) mass is 508 g/mol. The lowest BCUT2D eigenvalue weighted by Crippen LogP contribution is -2.61. The average Bonchev–Trinajstić information content (AvgIpc) is 2.84. The first-order valence-electron chi connectivity index (χ1n) is 9.49. The van der Waals surface area contributed by atoms with Gasteiger partial charge in [0.2, 0.25) is 5.54 Å². The van der Waals surface area contributed by atoms with Crippen LogP contribution >= 0.6 is 0 Å². The molecule has 2 aromatic rings. The van der Waals surface area contributed by atoms with E-state index in [2.05, 4.69) is 0 Å². The zero-order valence-corrected chi connectivity index (χ0v) is 17.9. The van der Waals surface area contributed by atoms with Crippen LogP contribution in [0.1, 0.15) is 11.1 Å². The van der Waals surface area contributed by atoms with Crippen LogP contribution in [-0.2, 0) is 32.3 Å². The molecule has 0 atom stereocenters. The number of rotatable bonds is 11. The van der Waals surface area contributed by atoms with Crippen molar-refractivity contribution in [1.82, 2.24) is 0 Å². The summed E-state index contributed by atoms with van der Waals surface area (Å²) in [4.78, 5) is 66.1. The lowest BCUT2D eigenvalue weighted by molar-refractivity contribution is -0.396. The molecule has 18 heteroatoms. The summed E-state index contributed by atoms with van der Waals surface area (Å²) in [6, 6.07) is 5.75. The Balaban J connectivity index is 2.28. The number of nitrogens with zero attached hydrogens (tertiary/aromatic N) is 4. The summed E-state index contributed by atoms with van der Waals surface area (Å²) in [6.07, 6.45) is 0. The summed E-state index contributed by atoms with van der Waals surface area (Å²) in [6.45, 7) is -3.05. The Kier molecular flexibility index (Phi) is 8.21. The Morgan fingerprint density at radius 1 is 0.694 bits per heavy atom. The Labute approximate surface area is 199 Å². The molecule has 2 rings (SSSR count). The van der Waals surface area contributed by atoms with Crippen LogP contribution in [0.4, 0.5) is 22.7 Å². The third kappa shape index (κ3) is 5.51. The van der Waals surface area contributed by atoms with E-state index in [0.29, 0.717) is 0 Å². The number of nitrogens with two attached hydrogens (primary N) is 2. The summed E-state index contributed by atoms with van der Waals surface area (Å²) in [7, 11) is 0. The molecule has 0 fully saturated rings. The van der Waals surface area contributed by atoms with Crippen LogP contribution in [0, 0.1) is 40.5 Å². The zero-order valence-electron chi connectivity index (χ0n) is 17.9. The van der Waals surface area contributed by atoms with Gasteiger partial charge in [-0.2, -0.15) is 0 Å². The molecule has 4 N–H and O–H groups in total. The topological polar surface area (TPSA) is 277 Å². The molecule has 0 bridgehead atoms. The first-order valence-corrected chi connectivity index (χ1v) is 9.49. The van der Waals surface area contributed by atoms with Gasteiger partial charge in [0, 0.05) is 30.8 Å². The second-order valence-electron chi connectivity index (χ2n) is 6.91. The van der Waals surface area contributed by atoms with Crippen molar-refractivity contribution in [3.05, 3.63) is 88.0 Å². The molecule has 0 aliphatic rings. The molecule has 0 saturated carbocycles. The lowest BCUT2D eigenvalue weighted by Gasteiger charge is -2.23. The molecule has 0 unspecified atom stereocenters. The van der Waals surface area contributed by atoms with Gasteiger partial charge in [-0.25, -0.2) is 9.59 Å². The SMILES string of the molecule is NCC(N)(C(=O)OCc1c([N+](=O)[O-])cccc1[N+](=O)[O-])C(=O)OCc1c([N+](=O)[O-])cccc1[N+](=O)[O-]. The van der Waals surface area contributed by atoms with Gasteiger partial charge in [-0.3, -0.25) is 40.5 Å². The number of hydrogen-bond acceptors (Lipinski definition) is 14. The van der Waals surface area contributed by atoms with E-state index >= 15 is 0 Å². The van der Waals surface area contributed by atoms with E-state index in [9.17, 15) is 50.0 Å². The Morgan fingerprint density at radius 2 is 0.972 bits per heavy atom. The first kappa shape index (κ1) is 27.1. The third-order valence-corrected chi connectivity index (χ3v) is 4.79. The van der Waals surface area contributed by atoms with E-state index in [0.717, 1.165) is 36.4 Å². The quantitative estimate of drug-likeness (QED) is 0.183. The lowest BCUT2D eigenvalue weighted by atomic mass is 10.0. The number of nitro groups is 4. The van der Waals surface area contributed by atoms with Crippen LogP contribution in [0.3, 0.4) is 0 Å². The van der Waals surface area contributed by atoms with Crippen LogP contribution < -0.4 is 11.5 Å². The van der Waals surface area contributed by atoms with E-state index in [1.54, 1.807) is 0 Å².